The lowest BCUT2D eigenvalue weighted by Gasteiger charge is -2.26. The van der Waals surface area contributed by atoms with Crippen molar-refractivity contribution >= 4 is 41.3 Å². The molecule has 0 amide bonds. The molecular weight excluding hydrogens is 513 g/mol. The molecule has 30 heavy (non-hydrogen) atoms. The number of aryl methyl sites for hydroxylation is 1. The summed E-state index contributed by atoms with van der Waals surface area (Å²) in [7, 11) is 1.78. The van der Waals surface area contributed by atoms with Crippen molar-refractivity contribution in [3.63, 3.8) is 0 Å². The quantitative estimate of drug-likeness (QED) is 0.287. The molecule has 2 heterocycles. The number of guanidine groups is 1. The molecule has 1 aromatic heterocycles. The van der Waals surface area contributed by atoms with Crippen LogP contribution >= 0.6 is 35.3 Å². The molecule has 2 aromatic rings. The molecule has 7 nitrogen and oxygen atoms in total. The van der Waals surface area contributed by atoms with Gasteiger partial charge in [-0.1, -0.05) is 25.1 Å². The maximum absolute atomic E-state index is 6.06. The number of nitrogens with one attached hydrogen (secondary N) is 2. The molecule has 0 atom stereocenters. The topological polar surface area (TPSA) is 71.0 Å². The van der Waals surface area contributed by atoms with Crippen LogP contribution in [0, 0.1) is 0 Å². The highest BCUT2D eigenvalue weighted by Crippen LogP contribution is 2.18. The number of rotatable bonds is 9. The van der Waals surface area contributed by atoms with Crippen molar-refractivity contribution in [2.24, 2.45) is 4.99 Å². The Morgan fingerprint density at radius 1 is 1.23 bits per heavy atom. The molecule has 2 N–H and O–H groups in total. The molecule has 0 radical (unpaired) electrons. The molecule has 0 aliphatic carbocycles. The van der Waals surface area contributed by atoms with Gasteiger partial charge in [0.25, 0.3) is 0 Å². The van der Waals surface area contributed by atoms with E-state index in [-0.39, 0.29) is 24.0 Å². The smallest absolute Gasteiger partial charge is 0.191 e. The third-order valence-corrected chi connectivity index (χ3v) is 5.91. The number of halogens is 1. The second kappa shape index (κ2) is 13.8. The largest absolute Gasteiger partial charge is 0.492 e. The van der Waals surface area contributed by atoms with Crippen molar-refractivity contribution in [1.82, 2.24) is 20.5 Å². The lowest BCUT2D eigenvalue weighted by molar-refractivity contribution is 0.0322. The van der Waals surface area contributed by atoms with Gasteiger partial charge in [-0.15, -0.1) is 35.3 Å². The molecule has 1 saturated heterocycles. The summed E-state index contributed by atoms with van der Waals surface area (Å²) in [5.74, 6) is 1.66. The molecule has 1 aliphatic rings. The zero-order valence-corrected chi connectivity index (χ0v) is 20.9. The maximum atomic E-state index is 6.06. The van der Waals surface area contributed by atoms with Crippen molar-refractivity contribution in [2.45, 2.75) is 26.4 Å². The monoisotopic (exact) mass is 545 g/mol. The average Bonchev–Trinajstić information content (AvgIpc) is 3.24. The molecule has 0 unspecified atom stereocenters. The summed E-state index contributed by atoms with van der Waals surface area (Å²) in [5.41, 5.74) is 1.11. The summed E-state index contributed by atoms with van der Waals surface area (Å²) in [5, 5.41) is 7.76. The number of hydrogen-bond acceptors (Lipinski definition) is 6. The van der Waals surface area contributed by atoms with Crippen molar-refractivity contribution in [3.05, 3.63) is 45.9 Å². The lowest BCUT2D eigenvalue weighted by atomic mass is 10.2. The Morgan fingerprint density at radius 3 is 2.73 bits per heavy atom. The number of hydrogen-bond donors (Lipinski definition) is 2. The van der Waals surface area contributed by atoms with Gasteiger partial charge in [0.1, 0.15) is 17.4 Å². The van der Waals surface area contributed by atoms with Crippen LogP contribution in [0.2, 0.25) is 0 Å². The van der Waals surface area contributed by atoms with E-state index in [9.17, 15) is 0 Å². The van der Waals surface area contributed by atoms with Crippen LogP contribution in [0.5, 0.6) is 5.75 Å². The number of ether oxygens (including phenoxy) is 2. The molecule has 3 rings (SSSR count). The fraction of sp³-hybridized carbons (Fsp3) is 0.524. The predicted octanol–water partition coefficient (Wildman–Crippen LogP) is 2.90. The minimum Gasteiger partial charge on any atom is -0.492 e. The summed E-state index contributed by atoms with van der Waals surface area (Å²) in [6.07, 6.45) is 2.97. The van der Waals surface area contributed by atoms with Gasteiger partial charge < -0.3 is 20.1 Å². The third kappa shape index (κ3) is 8.01. The van der Waals surface area contributed by atoms with Gasteiger partial charge in [0, 0.05) is 49.9 Å². The van der Waals surface area contributed by atoms with Gasteiger partial charge in [-0.3, -0.25) is 9.89 Å². The van der Waals surface area contributed by atoms with Gasteiger partial charge in [0.15, 0.2) is 5.96 Å². The van der Waals surface area contributed by atoms with Gasteiger partial charge in [0.05, 0.1) is 19.8 Å². The average molecular weight is 545 g/mol. The fourth-order valence-corrected chi connectivity index (χ4v) is 3.85. The Kier molecular flexibility index (Phi) is 11.4. The summed E-state index contributed by atoms with van der Waals surface area (Å²) < 4.78 is 11.5. The van der Waals surface area contributed by atoms with Crippen LogP contribution in [0.3, 0.4) is 0 Å². The van der Waals surface area contributed by atoms with E-state index >= 15 is 0 Å². The summed E-state index contributed by atoms with van der Waals surface area (Å²) in [4.78, 5) is 12.4. The molecule has 9 heteroatoms. The van der Waals surface area contributed by atoms with Crippen molar-refractivity contribution in [3.8, 4) is 5.75 Å². The first-order chi connectivity index (χ1) is 14.3. The summed E-state index contributed by atoms with van der Waals surface area (Å²) in [6, 6.07) is 8.14. The second-order valence-corrected chi connectivity index (χ2v) is 7.96. The molecular formula is C21H32IN5O2S. The number of aliphatic imine (C=N–C) groups is 1. The maximum Gasteiger partial charge on any atom is 0.191 e. The van der Waals surface area contributed by atoms with Crippen molar-refractivity contribution in [2.75, 3.05) is 46.5 Å². The number of para-hydroxylation sites is 1. The number of benzene rings is 1. The number of morpholine rings is 1. The predicted molar refractivity (Wildman–Crippen MR) is 133 cm³/mol. The van der Waals surface area contributed by atoms with E-state index in [0.29, 0.717) is 19.7 Å². The zero-order valence-electron chi connectivity index (χ0n) is 17.7. The van der Waals surface area contributed by atoms with Gasteiger partial charge in [0.2, 0.25) is 0 Å². The van der Waals surface area contributed by atoms with E-state index in [1.807, 2.05) is 24.4 Å². The Labute approximate surface area is 200 Å². The minimum absolute atomic E-state index is 0. The highest BCUT2D eigenvalue weighted by atomic mass is 127. The molecule has 0 spiro atoms. The lowest BCUT2D eigenvalue weighted by Crippen LogP contribution is -2.38. The Balaban J connectivity index is 0.00000320. The molecule has 1 fully saturated rings. The third-order valence-electron chi connectivity index (χ3n) is 4.77. The van der Waals surface area contributed by atoms with Crippen LogP contribution < -0.4 is 15.4 Å². The molecule has 1 aliphatic heterocycles. The fourth-order valence-electron chi connectivity index (χ4n) is 3.05. The molecule has 166 valence electrons. The first-order valence-corrected chi connectivity index (χ1v) is 11.0. The van der Waals surface area contributed by atoms with Crippen LogP contribution in [0.4, 0.5) is 0 Å². The SMILES string of the molecule is CCc1cnc(CNC(=NC)NCc2ccccc2OCCN2CCOCC2)s1.I. The van der Waals surface area contributed by atoms with Gasteiger partial charge in [-0.25, -0.2) is 4.98 Å². The summed E-state index contributed by atoms with van der Waals surface area (Å²) in [6.45, 7) is 8.64. The highest BCUT2D eigenvalue weighted by Gasteiger charge is 2.11. The van der Waals surface area contributed by atoms with Crippen LogP contribution in [-0.2, 0) is 24.2 Å². The van der Waals surface area contributed by atoms with E-state index in [4.69, 9.17) is 9.47 Å². The highest BCUT2D eigenvalue weighted by molar-refractivity contribution is 14.0. The van der Waals surface area contributed by atoms with E-state index < -0.39 is 0 Å². The number of thiazole rings is 1. The molecule has 0 saturated carbocycles. The van der Waals surface area contributed by atoms with E-state index in [2.05, 4.69) is 38.5 Å². The van der Waals surface area contributed by atoms with Crippen LogP contribution in [0.25, 0.3) is 0 Å². The Bertz CT molecular complexity index is 780. The van der Waals surface area contributed by atoms with Gasteiger partial charge in [-0.05, 0) is 12.5 Å². The number of aromatic nitrogens is 1. The zero-order chi connectivity index (χ0) is 20.3. The second-order valence-electron chi connectivity index (χ2n) is 6.76. The van der Waals surface area contributed by atoms with Crippen molar-refractivity contribution in [1.29, 1.82) is 0 Å². The summed E-state index contributed by atoms with van der Waals surface area (Å²) >= 11 is 1.73. The van der Waals surface area contributed by atoms with Crippen LogP contribution in [-0.4, -0.2) is 62.3 Å². The normalized spacial score (nSPS) is 14.8. The molecule has 0 bridgehead atoms. The van der Waals surface area contributed by atoms with Crippen molar-refractivity contribution < 1.29 is 9.47 Å². The first-order valence-electron chi connectivity index (χ1n) is 10.2. The standard InChI is InChI=1S/C21H31N5O2S.HI/c1-3-18-15-23-20(29-18)16-25-21(22-2)24-14-17-6-4-5-7-19(17)28-13-10-26-8-11-27-12-9-26;/h4-7,15H,3,8-14,16H2,1-2H3,(H2,22,24,25);1H. The van der Waals surface area contributed by atoms with Gasteiger partial charge in [-0.2, -0.15) is 0 Å². The Morgan fingerprint density at radius 2 is 2.00 bits per heavy atom. The minimum atomic E-state index is 0. The van der Waals surface area contributed by atoms with E-state index in [1.54, 1.807) is 18.4 Å². The molecule has 1 aromatic carbocycles. The van der Waals surface area contributed by atoms with Crippen LogP contribution in [0.1, 0.15) is 22.4 Å². The Hall–Kier alpha value is -1.43. The first kappa shape index (κ1) is 24.8. The van der Waals surface area contributed by atoms with Crippen LogP contribution in [0.15, 0.2) is 35.5 Å². The number of nitrogens with zero attached hydrogens (tertiary/aromatic N) is 3. The van der Waals surface area contributed by atoms with Gasteiger partial charge >= 0.3 is 0 Å². The van der Waals surface area contributed by atoms with E-state index in [0.717, 1.165) is 61.5 Å². The van der Waals surface area contributed by atoms with E-state index in [1.165, 1.54) is 4.88 Å².